The first-order chi connectivity index (χ1) is 8.99. The zero-order valence-electron chi connectivity index (χ0n) is 12.7. The van der Waals surface area contributed by atoms with Crippen LogP contribution in [0.2, 0.25) is 0 Å². The van der Waals surface area contributed by atoms with E-state index in [1.807, 2.05) is 26.0 Å². The van der Waals surface area contributed by atoms with E-state index in [4.69, 9.17) is 5.26 Å². The number of hydrogen-bond acceptors (Lipinski definition) is 2. The van der Waals surface area contributed by atoms with Gasteiger partial charge in [-0.1, -0.05) is 38.3 Å². The number of benzene rings is 1. The number of unbranched alkanes of at least 4 members (excludes halogenated alkanes) is 2. The van der Waals surface area contributed by atoms with Crippen molar-refractivity contribution >= 4 is 5.69 Å². The molecule has 1 aromatic carbocycles. The molecular weight excluding hydrogens is 232 g/mol. The fourth-order valence-electron chi connectivity index (χ4n) is 2.10. The Morgan fingerprint density at radius 1 is 1.21 bits per heavy atom. The van der Waals surface area contributed by atoms with Gasteiger partial charge in [-0.2, -0.15) is 5.26 Å². The van der Waals surface area contributed by atoms with Gasteiger partial charge in [0.15, 0.2) is 0 Å². The van der Waals surface area contributed by atoms with Crippen molar-refractivity contribution in [2.75, 3.05) is 5.32 Å². The van der Waals surface area contributed by atoms with Crippen LogP contribution >= 0.6 is 0 Å². The van der Waals surface area contributed by atoms with Gasteiger partial charge in [-0.25, -0.2) is 0 Å². The highest BCUT2D eigenvalue weighted by Crippen LogP contribution is 2.24. The van der Waals surface area contributed by atoms with E-state index in [9.17, 15) is 0 Å². The van der Waals surface area contributed by atoms with Crippen LogP contribution in [0.3, 0.4) is 0 Å². The van der Waals surface area contributed by atoms with Crippen molar-refractivity contribution < 1.29 is 0 Å². The van der Waals surface area contributed by atoms with Gasteiger partial charge in [0, 0.05) is 11.7 Å². The van der Waals surface area contributed by atoms with Gasteiger partial charge in [-0.15, -0.1) is 0 Å². The van der Waals surface area contributed by atoms with Gasteiger partial charge in [0.2, 0.25) is 0 Å². The minimum atomic E-state index is -0.411. The average molecular weight is 258 g/mol. The fraction of sp³-hybridized carbons (Fsp3) is 0.588. The van der Waals surface area contributed by atoms with Crippen LogP contribution < -0.4 is 5.32 Å². The monoisotopic (exact) mass is 258 g/mol. The lowest BCUT2D eigenvalue weighted by Gasteiger charge is -2.18. The lowest BCUT2D eigenvalue weighted by molar-refractivity contribution is 0.615. The largest absolute Gasteiger partial charge is 0.383 e. The van der Waals surface area contributed by atoms with Crippen molar-refractivity contribution in [3.05, 3.63) is 29.8 Å². The molecule has 0 amide bonds. The molecule has 2 heteroatoms. The molecular formula is C17H26N2. The van der Waals surface area contributed by atoms with Gasteiger partial charge in [-0.3, -0.25) is 0 Å². The third-order valence-corrected chi connectivity index (χ3v) is 3.54. The molecule has 19 heavy (non-hydrogen) atoms. The second-order valence-corrected chi connectivity index (χ2v) is 5.86. The minimum absolute atomic E-state index is 0.411. The summed E-state index contributed by atoms with van der Waals surface area (Å²) in [6.07, 6.45) is 5.06. The first-order valence-corrected chi connectivity index (χ1v) is 7.28. The van der Waals surface area contributed by atoms with E-state index in [2.05, 4.69) is 37.4 Å². The number of hydrogen-bond donors (Lipinski definition) is 1. The van der Waals surface area contributed by atoms with Gasteiger partial charge in [0.05, 0.1) is 11.5 Å². The van der Waals surface area contributed by atoms with Crippen LogP contribution in [0.25, 0.3) is 0 Å². The van der Waals surface area contributed by atoms with Crippen LogP contribution in [0.5, 0.6) is 0 Å². The Bertz CT molecular complexity index is 412. The Balaban J connectivity index is 2.55. The van der Waals surface area contributed by atoms with E-state index < -0.39 is 5.41 Å². The fourth-order valence-corrected chi connectivity index (χ4v) is 2.10. The minimum Gasteiger partial charge on any atom is -0.383 e. The SMILES string of the molecule is CCCCCC(C)Nc1ccc(C(C)(C)C#N)cc1. The molecule has 1 atom stereocenters. The van der Waals surface area contributed by atoms with Crippen LogP contribution in [-0.4, -0.2) is 6.04 Å². The Labute approximate surface area is 117 Å². The molecule has 1 rings (SSSR count). The van der Waals surface area contributed by atoms with E-state index in [0.717, 1.165) is 11.3 Å². The van der Waals surface area contributed by atoms with Gasteiger partial charge >= 0.3 is 0 Å². The van der Waals surface area contributed by atoms with Crippen molar-refractivity contribution in [3.63, 3.8) is 0 Å². The molecule has 1 unspecified atom stereocenters. The maximum absolute atomic E-state index is 9.12. The van der Waals surface area contributed by atoms with E-state index in [1.54, 1.807) is 0 Å². The molecule has 0 radical (unpaired) electrons. The van der Waals surface area contributed by atoms with Gasteiger partial charge in [0.25, 0.3) is 0 Å². The van der Waals surface area contributed by atoms with E-state index >= 15 is 0 Å². The van der Waals surface area contributed by atoms with E-state index in [0.29, 0.717) is 6.04 Å². The predicted octanol–water partition coefficient (Wildman–Crippen LogP) is 4.87. The normalized spacial score (nSPS) is 12.8. The third-order valence-electron chi connectivity index (χ3n) is 3.54. The highest BCUT2D eigenvalue weighted by atomic mass is 14.9. The summed E-state index contributed by atoms with van der Waals surface area (Å²) in [5.41, 5.74) is 1.80. The molecule has 0 saturated carbocycles. The smallest absolute Gasteiger partial charge is 0.0766 e. The second kappa shape index (κ2) is 7.19. The standard InChI is InChI=1S/C17H26N2/c1-5-6-7-8-14(2)19-16-11-9-15(10-12-16)17(3,4)13-18/h9-12,14,19H,5-8H2,1-4H3. The Morgan fingerprint density at radius 2 is 1.84 bits per heavy atom. The summed E-state index contributed by atoms with van der Waals surface area (Å²) < 4.78 is 0. The lowest BCUT2D eigenvalue weighted by atomic mass is 9.86. The third kappa shape index (κ3) is 4.95. The van der Waals surface area contributed by atoms with Gasteiger partial charge < -0.3 is 5.32 Å². The summed E-state index contributed by atoms with van der Waals surface area (Å²) in [7, 11) is 0. The first kappa shape index (κ1) is 15.6. The lowest BCUT2D eigenvalue weighted by Crippen LogP contribution is -2.16. The quantitative estimate of drug-likeness (QED) is 0.708. The molecule has 2 nitrogen and oxygen atoms in total. The zero-order valence-corrected chi connectivity index (χ0v) is 12.7. The Morgan fingerprint density at radius 3 is 2.37 bits per heavy atom. The number of nitrogens with one attached hydrogen (secondary N) is 1. The van der Waals surface area contributed by atoms with Gasteiger partial charge in [0.1, 0.15) is 0 Å². The summed E-state index contributed by atoms with van der Waals surface area (Å²) in [6.45, 7) is 8.35. The molecule has 104 valence electrons. The van der Waals surface area contributed by atoms with Crippen molar-refractivity contribution in [3.8, 4) is 6.07 Å². The number of nitrogens with zero attached hydrogens (tertiary/aromatic N) is 1. The Hall–Kier alpha value is -1.49. The molecule has 0 bridgehead atoms. The molecule has 1 aromatic rings. The summed E-state index contributed by atoms with van der Waals surface area (Å²) in [5, 5.41) is 12.6. The summed E-state index contributed by atoms with van der Waals surface area (Å²) >= 11 is 0. The maximum atomic E-state index is 9.12. The summed E-state index contributed by atoms with van der Waals surface area (Å²) in [5.74, 6) is 0. The van der Waals surface area contributed by atoms with Crippen LogP contribution in [0.1, 0.15) is 58.9 Å². The predicted molar refractivity (Wildman–Crippen MR) is 82.3 cm³/mol. The molecule has 0 aromatic heterocycles. The molecule has 0 aliphatic carbocycles. The highest BCUT2D eigenvalue weighted by molar-refractivity contribution is 5.47. The first-order valence-electron chi connectivity index (χ1n) is 7.28. The summed E-state index contributed by atoms with van der Waals surface area (Å²) in [4.78, 5) is 0. The second-order valence-electron chi connectivity index (χ2n) is 5.86. The van der Waals surface area contributed by atoms with Crippen LogP contribution in [0.15, 0.2) is 24.3 Å². The molecule has 0 fully saturated rings. The molecule has 0 saturated heterocycles. The summed E-state index contributed by atoms with van der Waals surface area (Å²) in [6, 6.07) is 11.1. The number of rotatable bonds is 7. The van der Waals surface area contributed by atoms with Crippen molar-refractivity contribution in [1.29, 1.82) is 5.26 Å². The van der Waals surface area contributed by atoms with Crippen LogP contribution in [0, 0.1) is 11.3 Å². The highest BCUT2D eigenvalue weighted by Gasteiger charge is 2.19. The van der Waals surface area contributed by atoms with Crippen LogP contribution in [0.4, 0.5) is 5.69 Å². The maximum Gasteiger partial charge on any atom is 0.0766 e. The number of anilines is 1. The van der Waals surface area contributed by atoms with E-state index in [1.165, 1.54) is 25.7 Å². The van der Waals surface area contributed by atoms with Crippen molar-refractivity contribution in [2.24, 2.45) is 0 Å². The molecule has 0 aliphatic rings. The molecule has 1 N–H and O–H groups in total. The van der Waals surface area contributed by atoms with Crippen molar-refractivity contribution in [2.45, 2.75) is 64.8 Å². The average Bonchev–Trinajstić information content (AvgIpc) is 2.39. The van der Waals surface area contributed by atoms with Crippen molar-refractivity contribution in [1.82, 2.24) is 0 Å². The van der Waals surface area contributed by atoms with Crippen LogP contribution in [-0.2, 0) is 5.41 Å². The topological polar surface area (TPSA) is 35.8 Å². The molecule has 0 spiro atoms. The van der Waals surface area contributed by atoms with E-state index in [-0.39, 0.29) is 0 Å². The Kier molecular flexibility index (Phi) is 5.89. The molecule has 0 aliphatic heterocycles. The van der Waals surface area contributed by atoms with Gasteiger partial charge in [-0.05, 0) is 44.9 Å². The zero-order chi connectivity index (χ0) is 14.3. The molecule has 0 heterocycles. The number of nitriles is 1.